The second-order valence-electron chi connectivity index (χ2n) is 6.13. The van der Waals surface area contributed by atoms with Crippen molar-refractivity contribution in [2.45, 2.75) is 38.8 Å². The molecule has 0 radical (unpaired) electrons. The van der Waals surface area contributed by atoms with Crippen LogP contribution in [0, 0.1) is 6.92 Å². The summed E-state index contributed by atoms with van der Waals surface area (Å²) in [5.74, 6) is -0.124. The minimum Gasteiger partial charge on any atom is -0.329 e. The van der Waals surface area contributed by atoms with E-state index in [1.54, 1.807) is 0 Å². The number of likely N-dealkylation sites (tertiary alicyclic amines) is 1. The molecule has 7 nitrogen and oxygen atoms in total. The van der Waals surface area contributed by atoms with Crippen molar-refractivity contribution >= 4 is 11.9 Å². The van der Waals surface area contributed by atoms with Crippen molar-refractivity contribution in [1.29, 1.82) is 0 Å². The van der Waals surface area contributed by atoms with Gasteiger partial charge in [-0.2, -0.15) is 5.10 Å². The Morgan fingerprint density at radius 2 is 2.18 bits per heavy atom. The van der Waals surface area contributed by atoms with Crippen molar-refractivity contribution in [3.8, 4) is 0 Å². The predicted octanol–water partition coefficient (Wildman–Crippen LogP) is 0.598. The second kappa shape index (κ2) is 6.48. The lowest BCUT2D eigenvalue weighted by Gasteiger charge is -2.36. The van der Waals surface area contributed by atoms with E-state index in [0.717, 1.165) is 26.1 Å². The van der Waals surface area contributed by atoms with Crippen molar-refractivity contribution in [1.82, 2.24) is 24.9 Å². The molecular weight excluding hydrogens is 282 g/mol. The fraction of sp³-hybridized carbons (Fsp3) is 0.667. The Bertz CT molecular complexity index is 540. The molecule has 2 saturated heterocycles. The highest BCUT2D eigenvalue weighted by atomic mass is 16.2. The third kappa shape index (κ3) is 3.30. The van der Waals surface area contributed by atoms with Crippen LogP contribution < -0.4 is 5.32 Å². The van der Waals surface area contributed by atoms with Gasteiger partial charge in [0.05, 0.1) is 19.3 Å². The maximum atomic E-state index is 11.6. The Labute approximate surface area is 130 Å². The van der Waals surface area contributed by atoms with E-state index in [4.69, 9.17) is 0 Å². The lowest BCUT2D eigenvalue weighted by atomic mass is 10.0. The molecule has 3 rings (SSSR count). The second-order valence-corrected chi connectivity index (χ2v) is 6.13. The summed E-state index contributed by atoms with van der Waals surface area (Å²) < 4.78 is 1.99. The van der Waals surface area contributed by atoms with Gasteiger partial charge in [-0.05, 0) is 31.9 Å². The Kier molecular flexibility index (Phi) is 4.42. The van der Waals surface area contributed by atoms with Crippen LogP contribution in [0.5, 0.6) is 0 Å². The van der Waals surface area contributed by atoms with Crippen LogP contribution in [0.2, 0.25) is 0 Å². The first kappa shape index (κ1) is 15.0. The Morgan fingerprint density at radius 3 is 2.86 bits per heavy atom. The molecule has 22 heavy (non-hydrogen) atoms. The lowest BCUT2D eigenvalue weighted by molar-refractivity contribution is -0.125. The van der Waals surface area contributed by atoms with Crippen LogP contribution in [0.3, 0.4) is 0 Å². The average molecular weight is 305 g/mol. The summed E-state index contributed by atoms with van der Waals surface area (Å²) >= 11 is 0. The number of aryl methyl sites for hydroxylation is 1. The van der Waals surface area contributed by atoms with Gasteiger partial charge in [-0.25, -0.2) is 4.79 Å². The largest absolute Gasteiger partial charge is 0.329 e. The number of piperidine rings is 1. The SMILES string of the molecule is Cc1cnn(C[C@@H]2CCCCN2CCN2C(=O)CNC2=O)c1. The number of imide groups is 1. The number of carbonyl (C=O) groups is 2. The molecule has 1 aromatic heterocycles. The van der Waals surface area contributed by atoms with E-state index in [0.29, 0.717) is 12.6 Å². The minimum absolute atomic E-state index is 0.124. The van der Waals surface area contributed by atoms with Gasteiger partial charge in [0.1, 0.15) is 0 Å². The first-order valence-corrected chi connectivity index (χ1v) is 7.95. The number of rotatable bonds is 5. The fourth-order valence-electron chi connectivity index (χ4n) is 3.25. The maximum Gasteiger partial charge on any atom is 0.324 e. The van der Waals surface area contributed by atoms with Gasteiger partial charge < -0.3 is 5.32 Å². The van der Waals surface area contributed by atoms with Crippen molar-refractivity contribution in [3.63, 3.8) is 0 Å². The predicted molar refractivity (Wildman–Crippen MR) is 81.3 cm³/mol. The molecule has 1 N–H and O–H groups in total. The molecule has 0 spiro atoms. The lowest BCUT2D eigenvalue weighted by Crippen LogP contribution is -2.46. The number of aromatic nitrogens is 2. The fourth-order valence-corrected chi connectivity index (χ4v) is 3.25. The molecule has 3 amide bonds. The third-order valence-electron chi connectivity index (χ3n) is 4.46. The minimum atomic E-state index is -0.263. The van der Waals surface area contributed by atoms with Crippen molar-refractivity contribution < 1.29 is 9.59 Å². The van der Waals surface area contributed by atoms with Gasteiger partial charge in [0.15, 0.2) is 0 Å². The zero-order valence-electron chi connectivity index (χ0n) is 13.0. The zero-order valence-corrected chi connectivity index (χ0v) is 13.0. The first-order chi connectivity index (χ1) is 10.6. The van der Waals surface area contributed by atoms with Gasteiger partial charge in [0.2, 0.25) is 5.91 Å². The molecule has 0 aromatic carbocycles. The summed E-state index contributed by atoms with van der Waals surface area (Å²) in [5.41, 5.74) is 1.17. The monoisotopic (exact) mass is 305 g/mol. The quantitative estimate of drug-likeness (QED) is 0.809. The average Bonchev–Trinajstić information content (AvgIpc) is 3.05. The number of hydrogen-bond donors (Lipinski definition) is 1. The molecule has 0 aliphatic carbocycles. The topological polar surface area (TPSA) is 70.5 Å². The van der Waals surface area contributed by atoms with E-state index in [1.165, 1.54) is 23.3 Å². The van der Waals surface area contributed by atoms with Gasteiger partial charge in [-0.15, -0.1) is 0 Å². The van der Waals surface area contributed by atoms with E-state index >= 15 is 0 Å². The summed E-state index contributed by atoms with van der Waals surface area (Å²) in [6.45, 7) is 5.28. The molecule has 0 bridgehead atoms. The molecule has 1 atom stereocenters. The molecule has 1 aromatic rings. The van der Waals surface area contributed by atoms with Crippen molar-refractivity contribution in [3.05, 3.63) is 18.0 Å². The molecular formula is C15H23N5O2. The van der Waals surface area contributed by atoms with E-state index < -0.39 is 0 Å². The smallest absolute Gasteiger partial charge is 0.324 e. The van der Waals surface area contributed by atoms with Gasteiger partial charge in [0.25, 0.3) is 0 Å². The molecule has 3 heterocycles. The summed E-state index contributed by atoms with van der Waals surface area (Å²) in [6, 6.07) is 0.162. The highest BCUT2D eigenvalue weighted by molar-refractivity contribution is 6.01. The van der Waals surface area contributed by atoms with Crippen LogP contribution in [0.25, 0.3) is 0 Å². The molecule has 7 heteroatoms. The number of nitrogens with zero attached hydrogens (tertiary/aromatic N) is 4. The van der Waals surface area contributed by atoms with Gasteiger partial charge >= 0.3 is 6.03 Å². The molecule has 2 fully saturated rings. The highest BCUT2D eigenvalue weighted by Crippen LogP contribution is 2.18. The summed E-state index contributed by atoms with van der Waals surface area (Å²) in [4.78, 5) is 26.9. The summed E-state index contributed by atoms with van der Waals surface area (Å²) in [6.07, 6.45) is 7.48. The standard InChI is InChI=1S/C15H23N5O2/c1-12-8-17-19(10-12)11-13-4-2-3-5-18(13)6-7-20-14(21)9-16-15(20)22/h8,10,13H,2-7,9,11H2,1H3,(H,16,22)/t13-/m0/s1. The van der Waals surface area contributed by atoms with Crippen LogP contribution in [-0.4, -0.2) is 63.7 Å². The third-order valence-corrected chi connectivity index (χ3v) is 4.46. The van der Waals surface area contributed by atoms with E-state index in [9.17, 15) is 9.59 Å². The number of urea groups is 1. The molecule has 120 valence electrons. The normalized spacial score (nSPS) is 23.1. The summed E-state index contributed by atoms with van der Waals surface area (Å²) in [7, 11) is 0. The Hall–Kier alpha value is -1.89. The van der Waals surface area contributed by atoms with Crippen LogP contribution in [-0.2, 0) is 11.3 Å². The molecule has 0 saturated carbocycles. The number of nitrogens with one attached hydrogen (secondary N) is 1. The number of amides is 3. The highest BCUT2D eigenvalue weighted by Gasteiger charge is 2.30. The molecule has 2 aliphatic rings. The van der Waals surface area contributed by atoms with Crippen molar-refractivity contribution in [2.75, 3.05) is 26.2 Å². The summed E-state index contributed by atoms with van der Waals surface area (Å²) in [5, 5.41) is 6.93. The van der Waals surface area contributed by atoms with Crippen LogP contribution in [0.15, 0.2) is 12.4 Å². The Morgan fingerprint density at radius 1 is 1.32 bits per heavy atom. The van der Waals surface area contributed by atoms with Crippen LogP contribution >= 0.6 is 0 Å². The van der Waals surface area contributed by atoms with Crippen molar-refractivity contribution in [2.24, 2.45) is 0 Å². The molecule has 2 aliphatic heterocycles. The van der Waals surface area contributed by atoms with Gasteiger partial charge in [0, 0.05) is 25.3 Å². The van der Waals surface area contributed by atoms with E-state index in [2.05, 4.69) is 21.5 Å². The van der Waals surface area contributed by atoms with Gasteiger partial charge in [-0.1, -0.05) is 6.42 Å². The van der Waals surface area contributed by atoms with Crippen LogP contribution in [0.1, 0.15) is 24.8 Å². The maximum absolute atomic E-state index is 11.6. The number of hydrogen-bond acceptors (Lipinski definition) is 4. The zero-order chi connectivity index (χ0) is 15.5. The van der Waals surface area contributed by atoms with E-state index in [1.807, 2.05) is 17.8 Å². The number of carbonyl (C=O) groups excluding carboxylic acids is 2. The van der Waals surface area contributed by atoms with E-state index in [-0.39, 0.29) is 18.5 Å². The first-order valence-electron chi connectivity index (χ1n) is 7.95. The van der Waals surface area contributed by atoms with Crippen LogP contribution in [0.4, 0.5) is 4.79 Å². The molecule has 0 unspecified atom stereocenters. The Balaban J connectivity index is 1.57. The van der Waals surface area contributed by atoms with Gasteiger partial charge in [-0.3, -0.25) is 19.3 Å².